The quantitative estimate of drug-likeness (QED) is 0.747. The van der Waals surface area contributed by atoms with E-state index in [0.717, 1.165) is 12.8 Å². The van der Waals surface area contributed by atoms with Gasteiger partial charge in [0.15, 0.2) is 0 Å². The third-order valence-corrected chi connectivity index (χ3v) is 8.13. The summed E-state index contributed by atoms with van der Waals surface area (Å²) in [5.41, 5.74) is 2.10. The summed E-state index contributed by atoms with van der Waals surface area (Å²) in [5, 5.41) is 10.5. The lowest BCUT2D eigenvalue weighted by molar-refractivity contribution is -0.122. The Balaban J connectivity index is 1.43. The van der Waals surface area contributed by atoms with Gasteiger partial charge in [0.1, 0.15) is 5.51 Å². The summed E-state index contributed by atoms with van der Waals surface area (Å²) >= 11 is 1.21. The zero-order chi connectivity index (χ0) is 21.3. The van der Waals surface area contributed by atoms with Gasteiger partial charge in [-0.3, -0.25) is 9.59 Å². The Morgan fingerprint density at radius 2 is 1.90 bits per heavy atom. The van der Waals surface area contributed by atoms with E-state index in [-0.39, 0.29) is 29.7 Å². The highest BCUT2D eigenvalue weighted by Crippen LogP contribution is 2.29. The van der Waals surface area contributed by atoms with Crippen LogP contribution in [0.2, 0.25) is 0 Å². The molecule has 11 heteroatoms. The van der Waals surface area contributed by atoms with Crippen molar-refractivity contribution in [2.45, 2.75) is 31.1 Å². The fourth-order valence-corrected chi connectivity index (χ4v) is 5.66. The fraction of sp³-hybridized carbons (Fsp3) is 0.474. The molecule has 2 amide bonds. The molecule has 2 aliphatic rings. The maximum absolute atomic E-state index is 12.9. The van der Waals surface area contributed by atoms with Crippen molar-refractivity contribution >= 4 is 44.0 Å². The Bertz CT molecular complexity index is 1020. The molecule has 2 saturated heterocycles. The molecule has 0 aliphatic carbocycles. The Hall–Kier alpha value is -2.37. The Labute approximate surface area is 179 Å². The maximum atomic E-state index is 12.9. The topological polar surface area (TPSA) is 113 Å². The van der Waals surface area contributed by atoms with Crippen molar-refractivity contribution in [3.05, 3.63) is 29.8 Å². The van der Waals surface area contributed by atoms with Gasteiger partial charge in [-0.2, -0.15) is 4.31 Å². The second-order valence-electron chi connectivity index (χ2n) is 7.72. The van der Waals surface area contributed by atoms with Crippen LogP contribution in [0, 0.1) is 11.8 Å². The van der Waals surface area contributed by atoms with Gasteiger partial charge >= 0.3 is 0 Å². The number of anilines is 2. The normalized spacial score (nSPS) is 21.2. The Morgan fingerprint density at radius 3 is 2.53 bits per heavy atom. The lowest BCUT2D eigenvalue weighted by Gasteiger charge is -2.29. The molecule has 0 radical (unpaired) electrons. The van der Waals surface area contributed by atoms with E-state index in [1.807, 2.05) is 0 Å². The van der Waals surface area contributed by atoms with E-state index in [2.05, 4.69) is 22.4 Å². The van der Waals surface area contributed by atoms with Crippen molar-refractivity contribution in [2.24, 2.45) is 11.8 Å². The van der Waals surface area contributed by atoms with Gasteiger partial charge in [0.25, 0.3) is 0 Å². The number of hydrogen-bond donors (Lipinski definition) is 1. The molecule has 0 spiro atoms. The predicted octanol–water partition coefficient (Wildman–Crippen LogP) is 1.95. The highest BCUT2D eigenvalue weighted by molar-refractivity contribution is 7.89. The number of piperidine rings is 1. The van der Waals surface area contributed by atoms with E-state index in [4.69, 9.17) is 0 Å². The SMILES string of the molecule is CC1CCN(S(=O)(=O)c2ccc(N3C[C@@H](C(=O)Nc4nncs4)CC3=O)cc2)CC1. The molecule has 30 heavy (non-hydrogen) atoms. The summed E-state index contributed by atoms with van der Waals surface area (Å²) in [7, 11) is -3.54. The number of nitrogens with one attached hydrogen (secondary N) is 1. The third-order valence-electron chi connectivity index (χ3n) is 5.61. The number of carbonyl (C=O) groups is 2. The van der Waals surface area contributed by atoms with Gasteiger partial charge < -0.3 is 10.2 Å². The smallest absolute Gasteiger partial charge is 0.243 e. The van der Waals surface area contributed by atoms with Crippen LogP contribution in [0.25, 0.3) is 0 Å². The average Bonchev–Trinajstić information content (AvgIpc) is 3.38. The first kappa shape index (κ1) is 20.9. The summed E-state index contributed by atoms with van der Waals surface area (Å²) in [4.78, 5) is 26.6. The summed E-state index contributed by atoms with van der Waals surface area (Å²) in [5.74, 6) is -0.411. The first-order valence-electron chi connectivity index (χ1n) is 9.82. The Morgan fingerprint density at radius 1 is 1.20 bits per heavy atom. The molecule has 2 fully saturated rings. The summed E-state index contributed by atoms with van der Waals surface area (Å²) in [6, 6.07) is 6.32. The molecule has 2 aromatic rings. The van der Waals surface area contributed by atoms with Crippen molar-refractivity contribution in [3.8, 4) is 0 Å². The van der Waals surface area contributed by atoms with E-state index in [1.54, 1.807) is 12.1 Å². The molecule has 160 valence electrons. The number of hydrogen-bond acceptors (Lipinski definition) is 7. The van der Waals surface area contributed by atoms with Crippen LogP contribution >= 0.6 is 11.3 Å². The van der Waals surface area contributed by atoms with Gasteiger partial charge in [0, 0.05) is 31.7 Å². The number of benzene rings is 1. The van der Waals surface area contributed by atoms with Crippen LogP contribution in [0.15, 0.2) is 34.7 Å². The minimum Gasteiger partial charge on any atom is -0.312 e. The molecule has 1 aromatic heterocycles. The van der Waals surface area contributed by atoms with Crippen molar-refractivity contribution in [2.75, 3.05) is 29.9 Å². The predicted molar refractivity (Wildman–Crippen MR) is 113 cm³/mol. The molecule has 1 atom stereocenters. The average molecular weight is 450 g/mol. The van der Waals surface area contributed by atoms with E-state index >= 15 is 0 Å². The van der Waals surface area contributed by atoms with Crippen LogP contribution in [0.4, 0.5) is 10.8 Å². The molecular weight excluding hydrogens is 426 g/mol. The van der Waals surface area contributed by atoms with Gasteiger partial charge in [0.05, 0.1) is 10.8 Å². The highest BCUT2D eigenvalue weighted by atomic mass is 32.2. The molecule has 1 aromatic carbocycles. The number of amides is 2. The number of nitrogens with zero attached hydrogens (tertiary/aromatic N) is 4. The summed E-state index contributed by atoms with van der Waals surface area (Å²) in [6.45, 7) is 3.43. The third kappa shape index (κ3) is 4.23. The molecule has 2 aliphatic heterocycles. The molecule has 4 rings (SSSR count). The van der Waals surface area contributed by atoms with Gasteiger partial charge in [-0.1, -0.05) is 18.3 Å². The Kier molecular flexibility index (Phi) is 5.85. The van der Waals surface area contributed by atoms with Gasteiger partial charge in [-0.15, -0.1) is 10.2 Å². The zero-order valence-corrected chi connectivity index (χ0v) is 18.2. The largest absolute Gasteiger partial charge is 0.312 e. The van der Waals surface area contributed by atoms with Gasteiger partial charge in [-0.05, 0) is 43.0 Å². The van der Waals surface area contributed by atoms with Crippen molar-refractivity contribution < 1.29 is 18.0 Å². The standard InChI is InChI=1S/C19H23N5O4S2/c1-13-6-8-23(9-7-13)30(27,28)16-4-2-15(3-5-16)24-11-14(10-17(24)25)18(26)21-19-22-20-12-29-19/h2-5,12-14H,6-11H2,1H3,(H,21,22,26)/t14-/m0/s1. The van der Waals surface area contributed by atoms with Crippen molar-refractivity contribution in [1.82, 2.24) is 14.5 Å². The monoisotopic (exact) mass is 449 g/mol. The molecule has 0 unspecified atom stereocenters. The minimum atomic E-state index is -3.54. The summed E-state index contributed by atoms with van der Waals surface area (Å²) < 4.78 is 27.3. The van der Waals surface area contributed by atoms with Crippen LogP contribution in [0.3, 0.4) is 0 Å². The highest BCUT2D eigenvalue weighted by Gasteiger charge is 2.36. The first-order valence-corrected chi connectivity index (χ1v) is 12.1. The number of sulfonamides is 1. The zero-order valence-electron chi connectivity index (χ0n) is 16.5. The second kappa shape index (κ2) is 8.40. The van der Waals surface area contributed by atoms with Crippen molar-refractivity contribution in [1.29, 1.82) is 0 Å². The van der Waals surface area contributed by atoms with Crippen LogP contribution in [0.5, 0.6) is 0 Å². The maximum Gasteiger partial charge on any atom is 0.243 e. The van der Waals surface area contributed by atoms with E-state index in [0.29, 0.717) is 29.8 Å². The number of rotatable bonds is 5. The summed E-state index contributed by atoms with van der Waals surface area (Å²) in [6.07, 6.45) is 1.82. The van der Waals surface area contributed by atoms with Crippen molar-refractivity contribution in [3.63, 3.8) is 0 Å². The molecular formula is C19H23N5O4S2. The molecule has 9 nitrogen and oxygen atoms in total. The van der Waals surface area contributed by atoms with Gasteiger partial charge in [0.2, 0.25) is 27.0 Å². The van der Waals surface area contributed by atoms with Crippen LogP contribution in [-0.4, -0.2) is 54.4 Å². The minimum absolute atomic E-state index is 0.0939. The fourth-order valence-electron chi connectivity index (χ4n) is 3.74. The second-order valence-corrected chi connectivity index (χ2v) is 10.5. The lowest BCUT2D eigenvalue weighted by Crippen LogP contribution is -2.37. The first-order chi connectivity index (χ1) is 14.3. The van der Waals surface area contributed by atoms with Crippen LogP contribution < -0.4 is 10.2 Å². The number of carbonyl (C=O) groups excluding carboxylic acids is 2. The molecule has 0 saturated carbocycles. The molecule has 3 heterocycles. The van der Waals surface area contributed by atoms with E-state index in [1.165, 1.54) is 38.2 Å². The van der Waals surface area contributed by atoms with Crippen LogP contribution in [0.1, 0.15) is 26.2 Å². The van der Waals surface area contributed by atoms with Crippen LogP contribution in [-0.2, 0) is 19.6 Å². The van der Waals surface area contributed by atoms with E-state index < -0.39 is 15.9 Å². The molecule has 1 N–H and O–H groups in total. The molecule has 0 bridgehead atoms. The lowest BCUT2D eigenvalue weighted by atomic mass is 10.0. The number of aromatic nitrogens is 2. The van der Waals surface area contributed by atoms with Gasteiger partial charge in [-0.25, -0.2) is 8.42 Å². The van der Waals surface area contributed by atoms with E-state index in [9.17, 15) is 18.0 Å².